The number of nitrogens with zero attached hydrogens (tertiary/aromatic N) is 6. The van der Waals surface area contributed by atoms with Crippen LogP contribution in [0.15, 0.2) is 146 Å². The summed E-state index contributed by atoms with van der Waals surface area (Å²) in [5.74, 6) is 0. The lowest BCUT2D eigenvalue weighted by molar-refractivity contribution is 1.17. The average molecular weight is 601 g/mol. The highest BCUT2D eigenvalue weighted by atomic mass is 15.1. The van der Waals surface area contributed by atoms with E-state index in [2.05, 4.69) is 134 Å². The Bertz CT molecular complexity index is 3060. The molecule has 0 atom stereocenters. The van der Waals surface area contributed by atoms with E-state index < -0.39 is 0 Å². The maximum Gasteiger partial charge on any atom is 0.164 e. The van der Waals surface area contributed by atoms with Crippen molar-refractivity contribution in [2.45, 2.75) is 0 Å². The van der Waals surface area contributed by atoms with Gasteiger partial charge in [0.2, 0.25) is 0 Å². The van der Waals surface area contributed by atoms with Crippen molar-refractivity contribution >= 4 is 82.1 Å². The number of fused-ring (bicyclic) bond motifs is 14. The molecule has 0 radical (unpaired) electrons. The van der Waals surface area contributed by atoms with E-state index in [1.807, 2.05) is 30.7 Å². The maximum atomic E-state index is 5.14. The van der Waals surface area contributed by atoms with Gasteiger partial charge in [-0.2, -0.15) is 0 Å². The second-order valence-electron chi connectivity index (χ2n) is 12.2. The number of hydrogen-bond acceptors (Lipinski definition) is 3. The number of aromatic nitrogens is 6. The first-order valence-electron chi connectivity index (χ1n) is 15.8. The molecule has 0 N–H and O–H groups in total. The highest BCUT2D eigenvalue weighted by Gasteiger charge is 2.21. The van der Waals surface area contributed by atoms with Gasteiger partial charge in [0.25, 0.3) is 0 Å². The van der Waals surface area contributed by atoms with E-state index >= 15 is 0 Å². The molecule has 11 aromatic rings. The molecular weight excluding hydrogens is 576 g/mol. The first-order valence-corrected chi connectivity index (χ1v) is 15.8. The van der Waals surface area contributed by atoms with E-state index in [-0.39, 0.29) is 0 Å². The van der Waals surface area contributed by atoms with Gasteiger partial charge in [0.15, 0.2) is 5.65 Å². The maximum absolute atomic E-state index is 5.14. The van der Waals surface area contributed by atoms with E-state index in [1.54, 1.807) is 0 Å². The van der Waals surface area contributed by atoms with Gasteiger partial charge in [0.05, 0.1) is 27.6 Å². The van der Waals surface area contributed by atoms with Crippen molar-refractivity contribution in [3.63, 3.8) is 0 Å². The summed E-state index contributed by atoms with van der Waals surface area (Å²) in [5.41, 5.74) is 10.6. The molecule has 6 nitrogen and oxygen atoms in total. The molecule has 0 amide bonds. The number of pyridine rings is 3. The van der Waals surface area contributed by atoms with E-state index in [4.69, 9.17) is 9.97 Å². The lowest BCUT2D eigenvalue weighted by Gasteiger charge is -2.11. The van der Waals surface area contributed by atoms with Crippen LogP contribution < -0.4 is 0 Å². The molecule has 0 aliphatic rings. The standard InChI is InChI=1S/C41H24N6/c1-3-10-25(11-4-1)45-35-16-8-7-14-27(35)29-20-30-31-21-32-28(22-37(31)46(39(30)23-38(29)45)26-12-5-2-6-13-26)33-24-42-19-17-36(33)47-40(32)44-34-15-9-18-43-41(34)47/h1-24H. The van der Waals surface area contributed by atoms with Gasteiger partial charge in [-0.25, -0.2) is 9.97 Å². The highest BCUT2D eigenvalue weighted by Crippen LogP contribution is 2.42. The van der Waals surface area contributed by atoms with Gasteiger partial charge in [0.1, 0.15) is 11.2 Å². The van der Waals surface area contributed by atoms with Gasteiger partial charge in [-0.05, 0) is 78.2 Å². The molecule has 0 unspecified atom stereocenters. The van der Waals surface area contributed by atoms with Gasteiger partial charge in [-0.1, -0.05) is 54.6 Å². The third-order valence-corrected chi connectivity index (χ3v) is 9.71. The van der Waals surface area contributed by atoms with Crippen LogP contribution in [0.5, 0.6) is 0 Å². The highest BCUT2D eigenvalue weighted by molar-refractivity contribution is 6.24. The minimum Gasteiger partial charge on any atom is -0.309 e. The van der Waals surface area contributed by atoms with Gasteiger partial charge in [0, 0.05) is 62.3 Å². The molecular formula is C41H24N6. The Balaban J connectivity index is 1.38. The SMILES string of the molecule is c1ccc(-n2c3ccccc3c3cc4c5cc6c(cc5n(-c5ccccc5)c4cc32)c2cnccc2n2c3ncccc3nc62)cc1. The minimum absolute atomic E-state index is 0.850. The molecule has 0 saturated carbocycles. The summed E-state index contributed by atoms with van der Waals surface area (Å²) >= 11 is 0. The second-order valence-corrected chi connectivity index (χ2v) is 12.2. The van der Waals surface area contributed by atoms with Crippen LogP contribution in [0.2, 0.25) is 0 Å². The summed E-state index contributed by atoms with van der Waals surface area (Å²) in [4.78, 5) is 14.5. The second kappa shape index (κ2) is 9.02. The zero-order valence-electron chi connectivity index (χ0n) is 25.0. The molecule has 0 aliphatic heterocycles. The molecule has 6 heterocycles. The minimum atomic E-state index is 0.850. The number of para-hydroxylation sites is 3. The van der Waals surface area contributed by atoms with Crippen LogP contribution in [0.25, 0.3) is 93.5 Å². The number of hydrogen-bond donors (Lipinski definition) is 0. The summed E-state index contributed by atoms with van der Waals surface area (Å²) in [5, 5.41) is 8.11. The van der Waals surface area contributed by atoms with Crippen LogP contribution in [-0.2, 0) is 0 Å². The Hall–Kier alpha value is -6.53. The largest absolute Gasteiger partial charge is 0.309 e. The third kappa shape index (κ3) is 3.26. The molecule has 0 spiro atoms. The van der Waals surface area contributed by atoms with Crippen molar-refractivity contribution in [2.75, 3.05) is 0 Å². The van der Waals surface area contributed by atoms with Gasteiger partial charge >= 0.3 is 0 Å². The molecule has 0 saturated heterocycles. The molecule has 6 heteroatoms. The molecule has 11 rings (SSSR count). The van der Waals surface area contributed by atoms with Crippen LogP contribution >= 0.6 is 0 Å². The van der Waals surface area contributed by atoms with Crippen LogP contribution in [0.1, 0.15) is 0 Å². The molecule has 218 valence electrons. The summed E-state index contributed by atoms with van der Waals surface area (Å²) in [6.45, 7) is 0. The van der Waals surface area contributed by atoms with E-state index in [0.717, 1.165) is 60.9 Å². The van der Waals surface area contributed by atoms with Crippen molar-refractivity contribution in [1.82, 2.24) is 28.5 Å². The van der Waals surface area contributed by atoms with E-state index in [1.165, 1.54) is 32.6 Å². The van der Waals surface area contributed by atoms with Crippen molar-refractivity contribution in [3.05, 3.63) is 146 Å². The van der Waals surface area contributed by atoms with Crippen molar-refractivity contribution in [1.29, 1.82) is 0 Å². The first kappa shape index (κ1) is 24.8. The predicted molar refractivity (Wildman–Crippen MR) is 192 cm³/mol. The lowest BCUT2D eigenvalue weighted by Crippen LogP contribution is -1.96. The molecule has 5 aromatic carbocycles. The molecule has 47 heavy (non-hydrogen) atoms. The number of rotatable bonds is 2. The number of benzene rings is 5. The van der Waals surface area contributed by atoms with Crippen LogP contribution in [0.4, 0.5) is 0 Å². The van der Waals surface area contributed by atoms with Gasteiger partial charge in [-0.3, -0.25) is 9.38 Å². The van der Waals surface area contributed by atoms with Gasteiger partial charge in [-0.15, -0.1) is 0 Å². The first-order chi connectivity index (χ1) is 23.3. The Morgan fingerprint density at radius 2 is 1.06 bits per heavy atom. The van der Waals surface area contributed by atoms with Crippen LogP contribution in [-0.4, -0.2) is 28.5 Å². The van der Waals surface area contributed by atoms with E-state index in [9.17, 15) is 0 Å². The summed E-state index contributed by atoms with van der Waals surface area (Å²) in [6.07, 6.45) is 5.65. The fraction of sp³-hybridized carbons (Fsp3) is 0. The summed E-state index contributed by atoms with van der Waals surface area (Å²) in [7, 11) is 0. The average Bonchev–Trinajstić information content (AvgIpc) is 3.78. The monoisotopic (exact) mass is 600 g/mol. The van der Waals surface area contributed by atoms with Crippen molar-refractivity contribution < 1.29 is 0 Å². The Morgan fingerprint density at radius 1 is 0.404 bits per heavy atom. The summed E-state index contributed by atoms with van der Waals surface area (Å²) < 4.78 is 6.98. The lowest BCUT2D eigenvalue weighted by atomic mass is 10.0. The Morgan fingerprint density at radius 3 is 1.85 bits per heavy atom. The Kier molecular flexibility index (Phi) is 4.75. The topological polar surface area (TPSA) is 52.9 Å². The zero-order valence-corrected chi connectivity index (χ0v) is 25.0. The smallest absolute Gasteiger partial charge is 0.164 e. The normalized spacial score (nSPS) is 12.3. The number of imidazole rings is 1. The predicted octanol–water partition coefficient (Wildman–Crippen LogP) is 9.78. The quantitative estimate of drug-likeness (QED) is 0.186. The molecule has 0 aliphatic carbocycles. The zero-order chi connectivity index (χ0) is 30.6. The Labute approximate surface area is 267 Å². The van der Waals surface area contributed by atoms with Crippen LogP contribution in [0.3, 0.4) is 0 Å². The third-order valence-electron chi connectivity index (χ3n) is 9.71. The van der Waals surface area contributed by atoms with Crippen LogP contribution in [0, 0.1) is 0 Å². The fourth-order valence-corrected chi connectivity index (χ4v) is 7.75. The molecule has 6 aromatic heterocycles. The fourth-order valence-electron chi connectivity index (χ4n) is 7.75. The van der Waals surface area contributed by atoms with Crippen molar-refractivity contribution in [2.24, 2.45) is 0 Å². The van der Waals surface area contributed by atoms with Crippen molar-refractivity contribution in [3.8, 4) is 11.4 Å². The summed E-state index contributed by atoms with van der Waals surface area (Å²) in [6, 6.07) is 45.5. The molecule has 0 fully saturated rings. The molecule has 0 bridgehead atoms. The van der Waals surface area contributed by atoms with E-state index in [0.29, 0.717) is 0 Å². The van der Waals surface area contributed by atoms with Gasteiger partial charge < -0.3 is 9.13 Å².